The second-order valence-electron chi connectivity index (χ2n) is 9.36. The number of aliphatic hydroxyl groups excluding tert-OH is 1. The summed E-state index contributed by atoms with van der Waals surface area (Å²) in [6.07, 6.45) is 1.07. The quantitative estimate of drug-likeness (QED) is 0.694. The number of aliphatic hydroxyl groups is 1. The van der Waals surface area contributed by atoms with E-state index in [0.29, 0.717) is 12.3 Å². The van der Waals surface area contributed by atoms with Gasteiger partial charge in [-0.2, -0.15) is 0 Å². The van der Waals surface area contributed by atoms with Crippen LogP contribution in [-0.4, -0.2) is 59.8 Å². The van der Waals surface area contributed by atoms with Crippen molar-refractivity contribution in [1.82, 2.24) is 10.2 Å². The van der Waals surface area contributed by atoms with Crippen LogP contribution in [0.3, 0.4) is 0 Å². The monoisotopic (exact) mass is 407 g/mol. The fourth-order valence-electron chi connectivity index (χ4n) is 4.75. The first-order chi connectivity index (χ1) is 13.7. The predicted octanol–water partition coefficient (Wildman–Crippen LogP) is 1.91. The average Bonchev–Trinajstić information content (AvgIpc) is 2.97. The van der Waals surface area contributed by atoms with Crippen LogP contribution in [0.15, 0.2) is 24.3 Å². The lowest BCUT2D eigenvalue weighted by Gasteiger charge is -2.43. The number of nitrogens with zero attached hydrogens (tertiary/aromatic N) is 1. The summed E-state index contributed by atoms with van der Waals surface area (Å²) < 4.78 is 19.9. The molecule has 4 N–H and O–H groups in total. The molecule has 2 fully saturated rings. The molecule has 1 saturated carbocycles. The number of halogens is 1. The van der Waals surface area contributed by atoms with E-state index < -0.39 is 18.0 Å². The van der Waals surface area contributed by atoms with Crippen molar-refractivity contribution < 1.29 is 19.0 Å². The van der Waals surface area contributed by atoms with Crippen molar-refractivity contribution in [1.29, 1.82) is 0 Å². The summed E-state index contributed by atoms with van der Waals surface area (Å²) in [5, 5.41) is 14.0. The zero-order valence-corrected chi connectivity index (χ0v) is 17.6. The van der Waals surface area contributed by atoms with Crippen LogP contribution in [0.25, 0.3) is 0 Å². The lowest BCUT2D eigenvalue weighted by molar-refractivity contribution is -0.121. The molecule has 4 atom stereocenters. The first kappa shape index (κ1) is 22.0. The van der Waals surface area contributed by atoms with Gasteiger partial charge in [-0.1, -0.05) is 32.9 Å². The van der Waals surface area contributed by atoms with Crippen LogP contribution in [0.4, 0.5) is 4.39 Å². The minimum Gasteiger partial charge on any atom is -0.485 e. The lowest BCUT2D eigenvalue weighted by Crippen LogP contribution is -2.56. The van der Waals surface area contributed by atoms with Gasteiger partial charge in [-0.25, -0.2) is 4.39 Å². The predicted molar refractivity (Wildman–Crippen MR) is 110 cm³/mol. The summed E-state index contributed by atoms with van der Waals surface area (Å²) in [7, 11) is 0. The molecule has 0 radical (unpaired) electrons. The topological polar surface area (TPSA) is 87.8 Å². The Kier molecular flexibility index (Phi) is 6.81. The number of nitrogens with one attached hydrogen (secondary N) is 1. The van der Waals surface area contributed by atoms with E-state index in [2.05, 4.69) is 31.0 Å². The average molecular weight is 408 g/mol. The van der Waals surface area contributed by atoms with Gasteiger partial charge < -0.3 is 20.9 Å². The van der Waals surface area contributed by atoms with Crippen LogP contribution in [0.2, 0.25) is 0 Å². The SMILES string of the molecule is CC(C)(C)C1CCN([C@@H]2[C@@H](O)[C@H](Oc3ccccc3F)C[C@H]2NC(=O)CN)CC1. The molecule has 29 heavy (non-hydrogen) atoms. The molecular formula is C22H34FN3O3. The van der Waals surface area contributed by atoms with Crippen LogP contribution >= 0.6 is 0 Å². The van der Waals surface area contributed by atoms with Gasteiger partial charge in [-0.15, -0.1) is 0 Å². The van der Waals surface area contributed by atoms with E-state index in [1.165, 1.54) is 6.07 Å². The zero-order valence-electron chi connectivity index (χ0n) is 17.6. The third-order valence-corrected chi connectivity index (χ3v) is 6.45. The third kappa shape index (κ3) is 5.08. The first-order valence-corrected chi connectivity index (χ1v) is 10.5. The molecule has 1 aromatic rings. The first-order valence-electron chi connectivity index (χ1n) is 10.5. The molecule has 1 aliphatic heterocycles. The fraction of sp³-hybridized carbons (Fsp3) is 0.682. The molecule has 3 rings (SSSR count). The van der Waals surface area contributed by atoms with Gasteiger partial charge in [0.05, 0.1) is 18.6 Å². The van der Waals surface area contributed by atoms with Gasteiger partial charge in [-0.05, 0) is 49.4 Å². The van der Waals surface area contributed by atoms with Gasteiger partial charge in [0, 0.05) is 6.42 Å². The van der Waals surface area contributed by atoms with Gasteiger partial charge in [-0.3, -0.25) is 9.69 Å². The number of para-hydroxylation sites is 1. The minimum atomic E-state index is -0.830. The largest absolute Gasteiger partial charge is 0.485 e. The standard InChI is InChI=1S/C22H34FN3O3/c1-22(2,3)14-8-10-26(11-9-14)20-16(25-19(27)13-24)12-18(21(20)28)29-17-7-5-4-6-15(17)23/h4-7,14,16,18,20-21,28H,8-13,24H2,1-3H3,(H,25,27)/t16-,18-,20+,21+/m1/s1. The van der Waals surface area contributed by atoms with Crippen LogP contribution < -0.4 is 15.8 Å². The number of hydrogen-bond donors (Lipinski definition) is 3. The number of rotatable bonds is 5. The molecule has 0 aromatic heterocycles. The number of hydrogen-bond acceptors (Lipinski definition) is 5. The molecule has 2 aliphatic rings. The Hall–Kier alpha value is -1.70. The Balaban J connectivity index is 1.74. The molecule has 1 amide bonds. The van der Waals surface area contributed by atoms with E-state index in [-0.39, 0.29) is 35.7 Å². The maximum absolute atomic E-state index is 14.0. The van der Waals surface area contributed by atoms with E-state index in [1.807, 2.05) is 0 Å². The van der Waals surface area contributed by atoms with Crippen LogP contribution in [-0.2, 0) is 4.79 Å². The van der Waals surface area contributed by atoms with Gasteiger partial charge in [0.25, 0.3) is 0 Å². The highest BCUT2D eigenvalue weighted by Gasteiger charge is 2.48. The highest BCUT2D eigenvalue weighted by Crippen LogP contribution is 2.37. The van der Waals surface area contributed by atoms with Crippen LogP contribution in [0.1, 0.15) is 40.0 Å². The minimum absolute atomic E-state index is 0.107. The van der Waals surface area contributed by atoms with Crippen molar-refractivity contribution in [2.75, 3.05) is 19.6 Å². The Morgan fingerprint density at radius 2 is 1.97 bits per heavy atom. The van der Waals surface area contributed by atoms with Crippen molar-refractivity contribution in [3.8, 4) is 5.75 Å². The highest BCUT2D eigenvalue weighted by atomic mass is 19.1. The van der Waals surface area contributed by atoms with Gasteiger partial charge in [0.15, 0.2) is 11.6 Å². The summed E-state index contributed by atoms with van der Waals surface area (Å²) in [5.74, 6) is 0.0207. The van der Waals surface area contributed by atoms with E-state index in [9.17, 15) is 14.3 Å². The maximum Gasteiger partial charge on any atom is 0.234 e. The zero-order chi connectivity index (χ0) is 21.2. The van der Waals surface area contributed by atoms with Gasteiger partial charge >= 0.3 is 0 Å². The van der Waals surface area contributed by atoms with Crippen molar-refractivity contribution >= 4 is 5.91 Å². The number of ether oxygens (including phenoxy) is 1. The number of carbonyl (C=O) groups is 1. The molecule has 1 aliphatic carbocycles. The molecule has 0 spiro atoms. The second kappa shape index (κ2) is 8.98. The van der Waals surface area contributed by atoms with Crippen molar-refractivity contribution in [2.45, 2.75) is 64.3 Å². The summed E-state index contributed by atoms with van der Waals surface area (Å²) in [4.78, 5) is 14.2. The Bertz CT molecular complexity index is 701. The van der Waals surface area contributed by atoms with Crippen molar-refractivity contribution in [3.63, 3.8) is 0 Å². The molecule has 0 unspecified atom stereocenters. The van der Waals surface area contributed by atoms with E-state index in [4.69, 9.17) is 10.5 Å². The highest BCUT2D eigenvalue weighted by molar-refractivity contribution is 5.78. The summed E-state index contributed by atoms with van der Waals surface area (Å²) in [6.45, 7) is 8.39. The van der Waals surface area contributed by atoms with E-state index in [1.54, 1.807) is 18.2 Å². The molecule has 162 valence electrons. The maximum atomic E-state index is 14.0. The van der Waals surface area contributed by atoms with Gasteiger partial charge in [0.1, 0.15) is 12.2 Å². The Labute approximate surface area is 172 Å². The fourth-order valence-corrected chi connectivity index (χ4v) is 4.75. The van der Waals surface area contributed by atoms with Gasteiger partial charge in [0.2, 0.25) is 5.91 Å². The second-order valence-corrected chi connectivity index (χ2v) is 9.36. The van der Waals surface area contributed by atoms with Crippen molar-refractivity contribution in [3.05, 3.63) is 30.1 Å². The van der Waals surface area contributed by atoms with E-state index >= 15 is 0 Å². The smallest absolute Gasteiger partial charge is 0.234 e. The lowest BCUT2D eigenvalue weighted by atomic mass is 9.75. The molecule has 6 nitrogen and oxygen atoms in total. The molecule has 1 heterocycles. The number of amides is 1. The number of benzene rings is 1. The third-order valence-electron chi connectivity index (χ3n) is 6.45. The molecular weight excluding hydrogens is 373 g/mol. The summed E-state index contributed by atoms with van der Waals surface area (Å²) >= 11 is 0. The van der Waals surface area contributed by atoms with Crippen molar-refractivity contribution in [2.24, 2.45) is 17.1 Å². The summed E-state index contributed by atoms with van der Waals surface area (Å²) in [5.41, 5.74) is 5.74. The molecule has 7 heteroatoms. The molecule has 0 bridgehead atoms. The number of likely N-dealkylation sites (tertiary alicyclic amines) is 1. The Morgan fingerprint density at radius 3 is 2.55 bits per heavy atom. The number of piperidine rings is 1. The molecule has 1 saturated heterocycles. The number of carbonyl (C=O) groups excluding carboxylic acids is 1. The summed E-state index contributed by atoms with van der Waals surface area (Å²) in [6, 6.07) is 5.62. The Morgan fingerprint density at radius 1 is 1.31 bits per heavy atom. The van der Waals surface area contributed by atoms with Crippen LogP contribution in [0.5, 0.6) is 5.75 Å². The number of nitrogens with two attached hydrogens (primary N) is 1. The molecule has 1 aromatic carbocycles. The van der Waals surface area contributed by atoms with Crippen LogP contribution in [0, 0.1) is 17.2 Å². The normalized spacial score (nSPS) is 29.0. The van der Waals surface area contributed by atoms with E-state index in [0.717, 1.165) is 25.9 Å².